The Morgan fingerprint density at radius 2 is 1.83 bits per heavy atom. The second-order valence-electron chi connectivity index (χ2n) is 4.52. The molecule has 0 aliphatic rings. The molecular formula is C15H12FN2O4S-. The normalized spacial score (nSPS) is 10.1. The van der Waals surface area contributed by atoms with Gasteiger partial charge < -0.3 is 20.5 Å². The van der Waals surface area contributed by atoms with Crippen molar-refractivity contribution in [2.24, 2.45) is 0 Å². The van der Waals surface area contributed by atoms with Crippen LogP contribution in [0.3, 0.4) is 0 Å². The second kappa shape index (κ2) is 7.50. The molecular weight excluding hydrogens is 323 g/mol. The lowest BCUT2D eigenvalue weighted by Gasteiger charge is -2.08. The number of carboxylic acids is 1. The summed E-state index contributed by atoms with van der Waals surface area (Å²) in [6, 6.07) is 7.19. The molecule has 0 aliphatic heterocycles. The highest BCUT2D eigenvalue weighted by Crippen LogP contribution is 2.25. The maximum atomic E-state index is 13.5. The zero-order valence-corrected chi connectivity index (χ0v) is 12.6. The molecule has 0 atom stereocenters. The van der Waals surface area contributed by atoms with Crippen LogP contribution in [0, 0.1) is 5.82 Å². The minimum absolute atomic E-state index is 0.0259. The van der Waals surface area contributed by atoms with Crippen LogP contribution >= 0.6 is 11.3 Å². The molecule has 2 aromatic rings. The van der Waals surface area contributed by atoms with E-state index in [1.54, 1.807) is 11.4 Å². The van der Waals surface area contributed by atoms with Gasteiger partial charge >= 0.3 is 0 Å². The van der Waals surface area contributed by atoms with Gasteiger partial charge in [0.15, 0.2) is 0 Å². The smallest absolute Gasteiger partial charge is 0.258 e. The van der Waals surface area contributed by atoms with Gasteiger partial charge in [-0.1, -0.05) is 12.1 Å². The van der Waals surface area contributed by atoms with E-state index in [-0.39, 0.29) is 22.7 Å². The Kier molecular flexibility index (Phi) is 5.42. The summed E-state index contributed by atoms with van der Waals surface area (Å²) in [4.78, 5) is 34.1. The monoisotopic (exact) mass is 335 g/mol. The van der Waals surface area contributed by atoms with Crippen molar-refractivity contribution >= 4 is 39.8 Å². The molecule has 0 unspecified atom stereocenters. The van der Waals surface area contributed by atoms with Crippen LogP contribution in [-0.4, -0.2) is 17.8 Å². The molecule has 0 saturated heterocycles. The van der Waals surface area contributed by atoms with Crippen LogP contribution in [0.1, 0.15) is 23.2 Å². The molecule has 0 saturated carbocycles. The maximum Gasteiger partial charge on any atom is 0.258 e. The van der Waals surface area contributed by atoms with Crippen LogP contribution in [0.2, 0.25) is 0 Å². The fourth-order valence-electron chi connectivity index (χ4n) is 1.74. The molecule has 2 rings (SSSR count). The van der Waals surface area contributed by atoms with Gasteiger partial charge in [-0.15, -0.1) is 11.3 Å². The van der Waals surface area contributed by atoms with E-state index < -0.39 is 30.0 Å². The fourth-order valence-corrected chi connectivity index (χ4v) is 2.54. The van der Waals surface area contributed by atoms with Gasteiger partial charge in [-0.2, -0.15) is 0 Å². The van der Waals surface area contributed by atoms with Crippen molar-refractivity contribution in [2.45, 2.75) is 12.8 Å². The number of carbonyl (C=O) groups excluding carboxylic acids is 3. The zero-order chi connectivity index (χ0) is 16.8. The first-order valence-corrected chi connectivity index (χ1v) is 7.48. The van der Waals surface area contributed by atoms with Gasteiger partial charge in [-0.25, -0.2) is 4.39 Å². The van der Waals surface area contributed by atoms with Crippen LogP contribution in [0.15, 0.2) is 35.7 Å². The van der Waals surface area contributed by atoms with Gasteiger partial charge in [0.25, 0.3) is 5.91 Å². The number of para-hydroxylation sites is 1. The molecule has 0 radical (unpaired) electrons. The number of benzene rings is 1. The molecule has 6 nitrogen and oxygen atoms in total. The van der Waals surface area contributed by atoms with E-state index in [4.69, 9.17) is 0 Å². The lowest BCUT2D eigenvalue weighted by atomic mass is 10.2. The fraction of sp³-hybridized carbons (Fsp3) is 0.133. The minimum Gasteiger partial charge on any atom is -0.550 e. The lowest BCUT2D eigenvalue weighted by molar-refractivity contribution is -0.305. The molecule has 2 amide bonds. The molecule has 8 heteroatoms. The Hall–Kier alpha value is -2.74. The van der Waals surface area contributed by atoms with E-state index in [0.29, 0.717) is 0 Å². The summed E-state index contributed by atoms with van der Waals surface area (Å²) in [5.41, 5.74) is 0.193. The lowest BCUT2D eigenvalue weighted by Crippen LogP contribution is -2.24. The van der Waals surface area contributed by atoms with E-state index in [2.05, 4.69) is 10.6 Å². The van der Waals surface area contributed by atoms with Gasteiger partial charge in [0.2, 0.25) is 5.91 Å². The standard InChI is InChI=1S/C15H13FN2O4S/c16-10-3-1-2-4-11(10)17-14(22)9-7-8-23-15(9)18-12(19)5-6-13(20)21/h1-4,7-8H,5-6H2,(H,17,22)(H,18,19)(H,20,21)/p-1. The Morgan fingerprint density at radius 1 is 1.09 bits per heavy atom. The van der Waals surface area contributed by atoms with Crippen molar-refractivity contribution in [2.75, 3.05) is 10.6 Å². The number of amides is 2. The van der Waals surface area contributed by atoms with E-state index >= 15 is 0 Å². The van der Waals surface area contributed by atoms with Gasteiger partial charge in [0, 0.05) is 12.4 Å². The van der Waals surface area contributed by atoms with Crippen LogP contribution < -0.4 is 15.7 Å². The van der Waals surface area contributed by atoms with Crippen molar-refractivity contribution < 1.29 is 23.9 Å². The summed E-state index contributed by atoms with van der Waals surface area (Å²) < 4.78 is 13.5. The summed E-state index contributed by atoms with van der Waals surface area (Å²) in [7, 11) is 0. The van der Waals surface area contributed by atoms with Gasteiger partial charge in [-0.3, -0.25) is 9.59 Å². The Bertz CT molecular complexity index is 745. The number of hydrogen-bond acceptors (Lipinski definition) is 5. The highest BCUT2D eigenvalue weighted by Gasteiger charge is 2.16. The quantitative estimate of drug-likeness (QED) is 0.838. The number of hydrogen-bond donors (Lipinski definition) is 2. The third-order valence-electron chi connectivity index (χ3n) is 2.84. The average Bonchev–Trinajstić information content (AvgIpc) is 2.95. The minimum atomic E-state index is -1.33. The van der Waals surface area contributed by atoms with Crippen molar-refractivity contribution in [3.8, 4) is 0 Å². The average molecular weight is 335 g/mol. The molecule has 120 valence electrons. The summed E-state index contributed by atoms with van der Waals surface area (Å²) in [5, 5.41) is 17.1. The number of halogens is 1. The Balaban J connectivity index is 2.05. The highest BCUT2D eigenvalue weighted by molar-refractivity contribution is 7.14. The van der Waals surface area contributed by atoms with Crippen LogP contribution in [-0.2, 0) is 9.59 Å². The predicted octanol–water partition coefficient (Wildman–Crippen LogP) is 1.61. The summed E-state index contributed by atoms with van der Waals surface area (Å²) in [6.07, 6.45) is -0.664. The summed E-state index contributed by atoms with van der Waals surface area (Å²) in [6.45, 7) is 0. The molecule has 23 heavy (non-hydrogen) atoms. The van der Waals surface area contributed by atoms with Crippen LogP contribution in [0.25, 0.3) is 0 Å². The van der Waals surface area contributed by atoms with Gasteiger partial charge in [0.05, 0.1) is 11.3 Å². The Labute approximate surface area is 134 Å². The molecule has 1 aromatic carbocycles. The molecule has 0 spiro atoms. The number of nitrogens with one attached hydrogen (secondary N) is 2. The molecule has 1 heterocycles. The summed E-state index contributed by atoms with van der Waals surface area (Å²) in [5.74, 6) is -3.03. The molecule has 0 fully saturated rings. The number of carbonyl (C=O) groups is 3. The second-order valence-corrected chi connectivity index (χ2v) is 5.43. The largest absolute Gasteiger partial charge is 0.550 e. The summed E-state index contributed by atoms with van der Waals surface area (Å²) >= 11 is 1.11. The predicted molar refractivity (Wildman–Crippen MR) is 81.5 cm³/mol. The number of anilines is 2. The van der Waals surface area contributed by atoms with E-state index in [1.807, 2.05) is 0 Å². The number of carboxylic acid groups (broad SMARTS) is 1. The first-order chi connectivity index (χ1) is 11.0. The first kappa shape index (κ1) is 16.6. The van der Waals surface area contributed by atoms with Crippen molar-refractivity contribution in [1.29, 1.82) is 0 Å². The van der Waals surface area contributed by atoms with Gasteiger partial charge in [0.1, 0.15) is 10.8 Å². The first-order valence-electron chi connectivity index (χ1n) is 6.60. The Morgan fingerprint density at radius 3 is 2.52 bits per heavy atom. The molecule has 1 aromatic heterocycles. The zero-order valence-electron chi connectivity index (χ0n) is 11.8. The van der Waals surface area contributed by atoms with Crippen LogP contribution in [0.4, 0.5) is 15.1 Å². The third kappa shape index (κ3) is 4.62. The number of thiophene rings is 1. The molecule has 0 aliphatic carbocycles. The van der Waals surface area contributed by atoms with Crippen molar-refractivity contribution in [1.82, 2.24) is 0 Å². The number of aliphatic carboxylic acids is 1. The van der Waals surface area contributed by atoms with E-state index in [1.165, 1.54) is 24.3 Å². The highest BCUT2D eigenvalue weighted by atomic mass is 32.1. The van der Waals surface area contributed by atoms with Crippen LogP contribution in [0.5, 0.6) is 0 Å². The van der Waals surface area contributed by atoms with Crippen molar-refractivity contribution in [3.05, 3.63) is 47.1 Å². The van der Waals surface area contributed by atoms with Gasteiger partial charge in [-0.05, 0) is 30.0 Å². The number of rotatable bonds is 6. The topological polar surface area (TPSA) is 98.3 Å². The SMILES string of the molecule is O=C([O-])CCC(=O)Nc1sccc1C(=O)Nc1ccccc1F. The molecule has 0 bridgehead atoms. The maximum absolute atomic E-state index is 13.5. The van der Waals surface area contributed by atoms with E-state index in [0.717, 1.165) is 11.3 Å². The third-order valence-corrected chi connectivity index (χ3v) is 3.67. The van der Waals surface area contributed by atoms with Crippen molar-refractivity contribution in [3.63, 3.8) is 0 Å². The molecule has 2 N–H and O–H groups in total. The van der Waals surface area contributed by atoms with E-state index in [9.17, 15) is 23.9 Å².